The van der Waals surface area contributed by atoms with Crippen LogP contribution in [0.3, 0.4) is 0 Å². The first kappa shape index (κ1) is 13.3. The third-order valence-electron chi connectivity index (χ3n) is 3.21. The molecule has 3 aromatic rings. The molecule has 0 amide bonds. The molecule has 3 rings (SSSR count). The van der Waals surface area contributed by atoms with Crippen LogP contribution in [0.2, 0.25) is 0 Å². The monoisotopic (exact) mass is 285 g/mol. The molecule has 0 spiro atoms. The summed E-state index contributed by atoms with van der Waals surface area (Å²) in [5.41, 5.74) is 3.07. The first-order valence-corrected chi connectivity index (χ1v) is 6.49. The zero-order valence-corrected chi connectivity index (χ0v) is 11.1. The highest BCUT2D eigenvalue weighted by atomic mass is 19.2. The van der Waals surface area contributed by atoms with Gasteiger partial charge < -0.3 is 10.3 Å². The van der Waals surface area contributed by atoms with Gasteiger partial charge in [-0.1, -0.05) is 24.3 Å². The number of anilines is 1. The lowest BCUT2D eigenvalue weighted by molar-refractivity contribution is 0.500. The van der Waals surface area contributed by atoms with E-state index >= 15 is 0 Å². The second-order valence-electron chi connectivity index (χ2n) is 4.61. The average molecular weight is 285 g/mol. The fourth-order valence-electron chi connectivity index (χ4n) is 2.06. The Morgan fingerprint density at radius 1 is 1.05 bits per heavy atom. The van der Waals surface area contributed by atoms with Crippen molar-refractivity contribution in [3.05, 3.63) is 72.2 Å². The normalized spacial score (nSPS) is 10.6. The van der Waals surface area contributed by atoms with Gasteiger partial charge >= 0.3 is 0 Å². The second-order valence-corrected chi connectivity index (χ2v) is 4.61. The van der Waals surface area contributed by atoms with E-state index in [1.54, 1.807) is 18.6 Å². The van der Waals surface area contributed by atoms with Crippen molar-refractivity contribution >= 4 is 5.69 Å². The van der Waals surface area contributed by atoms with Crippen molar-refractivity contribution in [2.24, 2.45) is 0 Å². The Balaban J connectivity index is 1.70. The summed E-state index contributed by atoms with van der Waals surface area (Å²) < 4.78 is 26.6. The van der Waals surface area contributed by atoms with E-state index in [2.05, 4.69) is 15.3 Å². The van der Waals surface area contributed by atoms with Crippen LogP contribution in [-0.4, -0.2) is 9.97 Å². The van der Waals surface area contributed by atoms with Gasteiger partial charge in [0.1, 0.15) is 0 Å². The van der Waals surface area contributed by atoms with Gasteiger partial charge in [-0.25, -0.2) is 13.8 Å². The fourth-order valence-corrected chi connectivity index (χ4v) is 2.06. The van der Waals surface area contributed by atoms with Gasteiger partial charge in [-0.15, -0.1) is 0 Å². The average Bonchev–Trinajstić information content (AvgIpc) is 3.04. The number of halogens is 2. The number of imidazole rings is 1. The van der Waals surface area contributed by atoms with E-state index in [4.69, 9.17) is 0 Å². The zero-order valence-electron chi connectivity index (χ0n) is 11.1. The number of benzene rings is 2. The first-order chi connectivity index (χ1) is 10.2. The molecule has 106 valence electrons. The molecule has 3 nitrogen and oxygen atoms in total. The van der Waals surface area contributed by atoms with E-state index in [1.807, 2.05) is 24.3 Å². The lowest BCUT2D eigenvalue weighted by Crippen LogP contribution is -2.03. The molecule has 2 aromatic carbocycles. The smallest absolute Gasteiger partial charge is 0.163 e. The van der Waals surface area contributed by atoms with Gasteiger partial charge in [0.15, 0.2) is 11.6 Å². The second kappa shape index (κ2) is 5.75. The number of aromatic nitrogens is 2. The molecule has 5 heteroatoms. The molecule has 0 fully saturated rings. The fraction of sp³-hybridized carbons (Fsp3) is 0.0625. The maximum atomic E-state index is 13.5. The molecule has 0 aliphatic carbocycles. The quantitative estimate of drug-likeness (QED) is 0.761. The molecule has 21 heavy (non-hydrogen) atoms. The molecule has 0 radical (unpaired) electrons. The molecule has 2 N–H and O–H groups in total. The molecule has 1 heterocycles. The Bertz CT molecular complexity index is 722. The molecular formula is C16H13F2N3. The Morgan fingerprint density at radius 3 is 2.57 bits per heavy atom. The summed E-state index contributed by atoms with van der Waals surface area (Å²) in [6.07, 6.45) is 3.36. The molecular weight excluding hydrogens is 272 g/mol. The van der Waals surface area contributed by atoms with E-state index in [0.717, 1.165) is 23.0 Å². The van der Waals surface area contributed by atoms with E-state index < -0.39 is 11.6 Å². The summed E-state index contributed by atoms with van der Waals surface area (Å²) in [4.78, 5) is 6.99. The topological polar surface area (TPSA) is 40.7 Å². The van der Waals surface area contributed by atoms with E-state index in [-0.39, 0.29) is 6.54 Å². The van der Waals surface area contributed by atoms with Gasteiger partial charge in [-0.3, -0.25) is 0 Å². The van der Waals surface area contributed by atoms with Gasteiger partial charge in [0.25, 0.3) is 0 Å². The standard InChI is InChI=1S/C16H13F2N3/c17-14-3-1-2-12(16(14)18)8-20-13-6-4-11(5-7-13)15-9-19-10-21-15/h1-7,9-10,20H,8H2,(H,19,21). The highest BCUT2D eigenvalue weighted by Gasteiger charge is 2.07. The summed E-state index contributed by atoms with van der Waals surface area (Å²) in [5.74, 6) is -1.64. The van der Waals surface area contributed by atoms with Crippen molar-refractivity contribution in [2.45, 2.75) is 6.54 Å². The molecule has 0 aliphatic heterocycles. The summed E-state index contributed by atoms with van der Waals surface area (Å²) >= 11 is 0. The van der Waals surface area contributed by atoms with Crippen molar-refractivity contribution < 1.29 is 8.78 Å². The van der Waals surface area contributed by atoms with Crippen LogP contribution in [0.25, 0.3) is 11.3 Å². The molecule has 0 saturated heterocycles. The highest BCUT2D eigenvalue weighted by Crippen LogP contribution is 2.19. The maximum absolute atomic E-state index is 13.5. The lowest BCUT2D eigenvalue weighted by Gasteiger charge is -2.08. The minimum atomic E-state index is -0.830. The molecule has 0 saturated carbocycles. The minimum Gasteiger partial charge on any atom is -0.381 e. The Morgan fingerprint density at radius 2 is 1.86 bits per heavy atom. The Kier molecular flexibility index (Phi) is 3.64. The van der Waals surface area contributed by atoms with Crippen LogP contribution in [-0.2, 0) is 6.54 Å². The summed E-state index contributed by atoms with van der Waals surface area (Å²) in [7, 11) is 0. The number of nitrogens with zero attached hydrogens (tertiary/aromatic N) is 1. The van der Waals surface area contributed by atoms with E-state index in [0.29, 0.717) is 5.56 Å². The molecule has 0 atom stereocenters. The van der Waals surface area contributed by atoms with Crippen molar-refractivity contribution in [1.82, 2.24) is 9.97 Å². The number of hydrogen-bond acceptors (Lipinski definition) is 2. The van der Waals surface area contributed by atoms with Gasteiger partial charge in [0.2, 0.25) is 0 Å². The number of nitrogens with one attached hydrogen (secondary N) is 2. The van der Waals surface area contributed by atoms with Crippen LogP contribution in [0.4, 0.5) is 14.5 Å². The Labute approximate surface area is 120 Å². The minimum absolute atomic E-state index is 0.229. The van der Waals surface area contributed by atoms with Gasteiger partial charge in [-0.2, -0.15) is 0 Å². The van der Waals surface area contributed by atoms with Crippen LogP contribution < -0.4 is 5.32 Å². The molecule has 0 aliphatic rings. The third-order valence-corrected chi connectivity index (χ3v) is 3.21. The summed E-state index contributed by atoms with van der Waals surface area (Å²) in [6.45, 7) is 0.229. The number of hydrogen-bond donors (Lipinski definition) is 2. The van der Waals surface area contributed by atoms with Crippen molar-refractivity contribution in [3.63, 3.8) is 0 Å². The van der Waals surface area contributed by atoms with E-state index in [9.17, 15) is 8.78 Å². The largest absolute Gasteiger partial charge is 0.381 e. The maximum Gasteiger partial charge on any atom is 0.163 e. The molecule has 0 unspecified atom stereocenters. The lowest BCUT2D eigenvalue weighted by atomic mass is 10.1. The Hall–Kier alpha value is -2.69. The first-order valence-electron chi connectivity index (χ1n) is 6.49. The zero-order chi connectivity index (χ0) is 14.7. The van der Waals surface area contributed by atoms with Gasteiger partial charge in [-0.05, 0) is 23.8 Å². The van der Waals surface area contributed by atoms with Gasteiger partial charge in [0, 0.05) is 17.8 Å². The molecule has 1 aromatic heterocycles. The number of H-pyrrole nitrogens is 1. The van der Waals surface area contributed by atoms with Crippen LogP contribution in [0.15, 0.2) is 55.0 Å². The van der Waals surface area contributed by atoms with Crippen LogP contribution >= 0.6 is 0 Å². The summed E-state index contributed by atoms with van der Waals surface area (Å²) in [6, 6.07) is 11.8. The summed E-state index contributed by atoms with van der Waals surface area (Å²) in [5, 5.41) is 3.07. The predicted octanol–water partition coefficient (Wildman–Crippen LogP) is 3.97. The van der Waals surface area contributed by atoms with Gasteiger partial charge in [0.05, 0.1) is 18.2 Å². The molecule has 0 bridgehead atoms. The highest BCUT2D eigenvalue weighted by molar-refractivity contribution is 5.61. The van der Waals surface area contributed by atoms with Crippen molar-refractivity contribution in [1.29, 1.82) is 0 Å². The SMILES string of the molecule is Fc1cccc(CNc2ccc(-c3cnc[nH]3)cc2)c1F. The van der Waals surface area contributed by atoms with E-state index in [1.165, 1.54) is 6.07 Å². The number of rotatable bonds is 4. The number of aromatic amines is 1. The van der Waals surface area contributed by atoms with Crippen LogP contribution in [0.5, 0.6) is 0 Å². The third kappa shape index (κ3) is 2.91. The van der Waals surface area contributed by atoms with Crippen LogP contribution in [0, 0.1) is 11.6 Å². The van der Waals surface area contributed by atoms with Crippen molar-refractivity contribution in [3.8, 4) is 11.3 Å². The van der Waals surface area contributed by atoms with Crippen molar-refractivity contribution in [2.75, 3.05) is 5.32 Å². The van der Waals surface area contributed by atoms with Crippen LogP contribution in [0.1, 0.15) is 5.56 Å². The predicted molar refractivity (Wildman–Crippen MR) is 77.7 cm³/mol.